The molecular formula is C29H30ClN3O5. The molecule has 2 N–H and O–H groups in total. The maximum Gasteiger partial charge on any atom is 0.354 e. The molecule has 198 valence electrons. The molecule has 0 aliphatic rings. The number of aliphatic hydroxyl groups is 1. The van der Waals surface area contributed by atoms with Crippen molar-refractivity contribution >= 4 is 34.1 Å². The van der Waals surface area contributed by atoms with E-state index in [2.05, 4.69) is 5.10 Å². The fourth-order valence-corrected chi connectivity index (χ4v) is 4.71. The third-order valence-corrected chi connectivity index (χ3v) is 6.58. The number of rotatable bonds is 10. The number of pyridine rings is 1. The first-order valence-electron chi connectivity index (χ1n) is 12.5. The number of fused-ring (bicyclic) bond motifs is 1. The predicted octanol–water partition coefficient (Wildman–Crippen LogP) is 5.41. The highest BCUT2D eigenvalue weighted by Crippen LogP contribution is 2.33. The van der Waals surface area contributed by atoms with E-state index in [1.165, 1.54) is 15.3 Å². The summed E-state index contributed by atoms with van der Waals surface area (Å²) in [4.78, 5) is 39.3. The molecule has 4 rings (SSSR count). The van der Waals surface area contributed by atoms with Crippen LogP contribution in [0.15, 0.2) is 59.4 Å². The Bertz CT molecular complexity index is 1570. The molecule has 2 heterocycles. The lowest BCUT2D eigenvalue weighted by Crippen LogP contribution is -2.28. The number of carbonyl (C=O) groups excluding carboxylic acids is 1. The number of carboxylic acids is 1. The normalized spacial score (nSPS) is 11.7. The summed E-state index contributed by atoms with van der Waals surface area (Å²) in [6.07, 6.45) is 1.10. The molecule has 4 aromatic rings. The number of hydrogen-bond donors (Lipinski definition) is 2. The molecule has 0 radical (unpaired) electrons. The first kappa shape index (κ1) is 27.3. The largest absolute Gasteiger partial charge is 0.477 e. The number of aryl methyl sites for hydroxylation is 1. The number of ketones is 1. The zero-order chi connectivity index (χ0) is 27.6. The van der Waals surface area contributed by atoms with Crippen molar-refractivity contribution in [3.05, 3.63) is 87.1 Å². The van der Waals surface area contributed by atoms with Crippen LogP contribution in [0.2, 0.25) is 5.02 Å². The van der Waals surface area contributed by atoms with Crippen LogP contribution >= 0.6 is 11.6 Å². The van der Waals surface area contributed by atoms with E-state index >= 15 is 0 Å². The number of aromatic carboxylic acids is 1. The number of carbonyl (C=O) groups is 2. The van der Waals surface area contributed by atoms with E-state index in [-0.39, 0.29) is 43.1 Å². The van der Waals surface area contributed by atoms with Crippen molar-refractivity contribution in [1.82, 2.24) is 14.3 Å². The smallest absolute Gasteiger partial charge is 0.354 e. The Morgan fingerprint density at radius 3 is 2.39 bits per heavy atom. The first-order valence-corrected chi connectivity index (χ1v) is 12.8. The van der Waals surface area contributed by atoms with Gasteiger partial charge in [-0.3, -0.25) is 18.8 Å². The van der Waals surface area contributed by atoms with Crippen LogP contribution in [0.5, 0.6) is 0 Å². The average Bonchev–Trinajstić information content (AvgIpc) is 3.27. The number of benzene rings is 2. The third-order valence-electron chi connectivity index (χ3n) is 6.34. The second-order valence-corrected chi connectivity index (χ2v) is 10.4. The fourth-order valence-electron chi connectivity index (χ4n) is 4.53. The van der Waals surface area contributed by atoms with Crippen LogP contribution in [0, 0.1) is 0 Å². The highest BCUT2D eigenvalue weighted by atomic mass is 35.5. The van der Waals surface area contributed by atoms with E-state index in [9.17, 15) is 24.6 Å². The summed E-state index contributed by atoms with van der Waals surface area (Å²) in [7, 11) is 0. The van der Waals surface area contributed by atoms with Crippen molar-refractivity contribution in [2.45, 2.75) is 58.7 Å². The number of hydrogen-bond acceptors (Lipinski definition) is 5. The molecule has 0 amide bonds. The first-order chi connectivity index (χ1) is 18.0. The molecule has 8 nitrogen and oxygen atoms in total. The van der Waals surface area contributed by atoms with E-state index in [0.29, 0.717) is 33.5 Å². The quantitative estimate of drug-likeness (QED) is 0.262. The molecular weight excluding hydrogens is 506 g/mol. The van der Waals surface area contributed by atoms with Crippen molar-refractivity contribution in [3.8, 4) is 11.1 Å². The van der Waals surface area contributed by atoms with Crippen LogP contribution in [0.25, 0.3) is 21.9 Å². The zero-order valence-corrected chi connectivity index (χ0v) is 22.3. The molecule has 0 fully saturated rings. The van der Waals surface area contributed by atoms with Gasteiger partial charge in [-0.05, 0) is 61.9 Å². The molecule has 2 aromatic heterocycles. The Kier molecular flexibility index (Phi) is 7.85. The van der Waals surface area contributed by atoms with E-state index in [4.69, 9.17) is 11.6 Å². The van der Waals surface area contributed by atoms with Gasteiger partial charge >= 0.3 is 5.97 Å². The Morgan fingerprint density at radius 2 is 1.76 bits per heavy atom. The molecule has 9 heteroatoms. The van der Waals surface area contributed by atoms with Gasteiger partial charge < -0.3 is 10.2 Å². The maximum atomic E-state index is 13.8. The van der Waals surface area contributed by atoms with Crippen LogP contribution in [-0.2, 0) is 13.1 Å². The summed E-state index contributed by atoms with van der Waals surface area (Å²) in [6, 6.07) is 15.7. The summed E-state index contributed by atoms with van der Waals surface area (Å²) in [5.41, 5.74) is 0.450. The predicted molar refractivity (Wildman–Crippen MR) is 147 cm³/mol. The van der Waals surface area contributed by atoms with Gasteiger partial charge in [0, 0.05) is 28.9 Å². The van der Waals surface area contributed by atoms with Crippen molar-refractivity contribution in [2.24, 2.45) is 0 Å². The van der Waals surface area contributed by atoms with Crippen LogP contribution in [0.1, 0.15) is 66.7 Å². The minimum absolute atomic E-state index is 0.0606. The lowest BCUT2D eigenvalue weighted by atomic mass is 9.94. The van der Waals surface area contributed by atoms with Gasteiger partial charge in [0.1, 0.15) is 5.69 Å². The standard InChI is InChI=1S/C29H30ClN3O5/c1-4-8-24(34)26-25(18-9-6-5-7-10-18)22-15-19(30)11-12-21(22)27(35)32(26)17-20-16-23(28(36)37)33(31-20)14-13-29(2,3)38/h5-7,9-12,15-16,38H,4,8,13-14,17H2,1-3H3,(H,36,37). The summed E-state index contributed by atoms with van der Waals surface area (Å²) < 4.78 is 2.71. The minimum atomic E-state index is -1.17. The Hall–Kier alpha value is -3.75. The van der Waals surface area contributed by atoms with Crippen LogP contribution in [-0.4, -0.2) is 41.9 Å². The fraction of sp³-hybridized carbons (Fsp3) is 0.310. The van der Waals surface area contributed by atoms with Gasteiger partial charge in [0.25, 0.3) is 5.56 Å². The monoisotopic (exact) mass is 535 g/mol. The molecule has 0 unspecified atom stereocenters. The molecule has 0 aliphatic carbocycles. The van der Waals surface area contributed by atoms with Crippen LogP contribution in [0.3, 0.4) is 0 Å². The topological polar surface area (TPSA) is 114 Å². The molecule has 0 atom stereocenters. The number of nitrogens with zero attached hydrogens (tertiary/aromatic N) is 3. The summed E-state index contributed by atoms with van der Waals surface area (Å²) in [6.45, 7) is 5.24. The van der Waals surface area contributed by atoms with Crippen molar-refractivity contribution in [1.29, 1.82) is 0 Å². The minimum Gasteiger partial charge on any atom is -0.477 e. The summed E-state index contributed by atoms with van der Waals surface area (Å²) >= 11 is 6.32. The molecule has 38 heavy (non-hydrogen) atoms. The highest BCUT2D eigenvalue weighted by molar-refractivity contribution is 6.31. The van der Waals surface area contributed by atoms with Crippen LogP contribution in [0.4, 0.5) is 0 Å². The lowest BCUT2D eigenvalue weighted by Gasteiger charge is -2.19. The van der Waals surface area contributed by atoms with Gasteiger partial charge in [-0.25, -0.2) is 4.79 Å². The van der Waals surface area contributed by atoms with Gasteiger partial charge in [-0.1, -0.05) is 48.9 Å². The molecule has 2 aromatic carbocycles. The number of carboxylic acid groups (broad SMARTS) is 1. The van der Waals surface area contributed by atoms with E-state index in [1.807, 2.05) is 37.3 Å². The third kappa shape index (κ3) is 5.71. The second-order valence-electron chi connectivity index (χ2n) is 9.96. The number of halogens is 1. The zero-order valence-electron chi connectivity index (χ0n) is 21.6. The molecule has 0 bridgehead atoms. The van der Waals surface area contributed by atoms with E-state index < -0.39 is 17.1 Å². The average molecular weight is 536 g/mol. The second kappa shape index (κ2) is 10.9. The number of Topliss-reactive ketones (excluding diaryl/α,β-unsaturated/α-hetero) is 1. The Balaban J connectivity index is 1.97. The van der Waals surface area contributed by atoms with Gasteiger partial charge in [-0.15, -0.1) is 0 Å². The van der Waals surface area contributed by atoms with Crippen molar-refractivity contribution < 1.29 is 19.8 Å². The summed E-state index contributed by atoms with van der Waals surface area (Å²) in [5, 5.41) is 25.7. The molecule has 0 saturated carbocycles. The van der Waals surface area contributed by atoms with E-state index in [0.717, 1.165) is 5.56 Å². The molecule has 0 aliphatic heterocycles. The molecule has 0 saturated heterocycles. The highest BCUT2D eigenvalue weighted by Gasteiger charge is 2.25. The van der Waals surface area contributed by atoms with Gasteiger partial charge in [0.2, 0.25) is 0 Å². The maximum absolute atomic E-state index is 13.8. The molecule has 0 spiro atoms. The Morgan fingerprint density at radius 1 is 1.05 bits per heavy atom. The lowest BCUT2D eigenvalue weighted by molar-refractivity contribution is 0.0607. The van der Waals surface area contributed by atoms with Gasteiger partial charge in [0.05, 0.1) is 23.5 Å². The Labute approximate surface area is 225 Å². The van der Waals surface area contributed by atoms with Crippen molar-refractivity contribution in [3.63, 3.8) is 0 Å². The number of aromatic nitrogens is 3. The van der Waals surface area contributed by atoms with E-state index in [1.54, 1.807) is 32.0 Å². The van der Waals surface area contributed by atoms with Gasteiger partial charge in [-0.2, -0.15) is 5.10 Å². The van der Waals surface area contributed by atoms with Crippen molar-refractivity contribution in [2.75, 3.05) is 0 Å². The SMILES string of the molecule is CCCC(=O)c1c(-c2ccccc2)c2cc(Cl)ccc2c(=O)n1Cc1cc(C(=O)O)n(CCC(C)(C)O)n1. The summed E-state index contributed by atoms with van der Waals surface area (Å²) in [5.74, 6) is -1.38. The van der Waals surface area contributed by atoms with Crippen LogP contribution < -0.4 is 5.56 Å². The van der Waals surface area contributed by atoms with Gasteiger partial charge in [0.15, 0.2) is 5.78 Å².